The summed E-state index contributed by atoms with van der Waals surface area (Å²) in [4.78, 5) is 0. The Morgan fingerprint density at radius 1 is 1.44 bits per heavy atom. The van der Waals surface area contributed by atoms with E-state index in [4.69, 9.17) is 26.6 Å². The van der Waals surface area contributed by atoms with Crippen LogP contribution in [0.2, 0.25) is 5.02 Å². The first-order valence-electron chi connectivity index (χ1n) is 5.66. The molecule has 0 fully saturated rings. The Hall–Kier alpha value is -1.52. The lowest BCUT2D eigenvalue weighted by Crippen LogP contribution is -2.08. The van der Waals surface area contributed by atoms with Gasteiger partial charge >= 0.3 is 0 Å². The molecule has 0 aliphatic rings. The first-order chi connectivity index (χ1) is 8.56. The van der Waals surface area contributed by atoms with Gasteiger partial charge in [0.15, 0.2) is 5.76 Å². The second-order valence-electron chi connectivity index (χ2n) is 4.19. The molecule has 1 heterocycles. The highest BCUT2D eigenvalue weighted by atomic mass is 35.5. The van der Waals surface area contributed by atoms with Crippen molar-refractivity contribution >= 4 is 11.6 Å². The van der Waals surface area contributed by atoms with Crippen molar-refractivity contribution in [3.8, 4) is 5.75 Å². The summed E-state index contributed by atoms with van der Waals surface area (Å²) in [6.45, 7) is 4.07. The summed E-state index contributed by atoms with van der Waals surface area (Å²) >= 11 is 5.94. The van der Waals surface area contributed by atoms with Crippen LogP contribution in [-0.4, -0.2) is 5.16 Å². The Kier molecular flexibility index (Phi) is 3.89. The molecule has 4 nitrogen and oxygen atoms in total. The summed E-state index contributed by atoms with van der Waals surface area (Å²) in [6, 6.07) is 7.09. The van der Waals surface area contributed by atoms with E-state index in [1.54, 1.807) is 6.07 Å². The van der Waals surface area contributed by atoms with E-state index in [0.29, 0.717) is 23.1 Å². The third-order valence-electron chi connectivity index (χ3n) is 2.51. The van der Waals surface area contributed by atoms with Crippen LogP contribution in [0.25, 0.3) is 0 Å². The summed E-state index contributed by atoms with van der Waals surface area (Å²) < 4.78 is 10.8. The molecule has 0 radical (unpaired) electrons. The van der Waals surface area contributed by atoms with E-state index in [0.717, 1.165) is 11.3 Å². The third kappa shape index (κ3) is 3.03. The minimum absolute atomic E-state index is 0.143. The van der Waals surface area contributed by atoms with Crippen LogP contribution < -0.4 is 10.5 Å². The molecule has 2 aromatic rings. The molecule has 0 spiro atoms. The maximum Gasteiger partial charge on any atom is 0.174 e. The summed E-state index contributed by atoms with van der Waals surface area (Å²) in [7, 11) is 0. The second kappa shape index (κ2) is 5.42. The fourth-order valence-corrected chi connectivity index (χ4v) is 1.82. The van der Waals surface area contributed by atoms with Crippen LogP contribution in [0, 0.1) is 6.92 Å². The highest BCUT2D eigenvalue weighted by Crippen LogP contribution is 2.27. The molecular weight excluding hydrogens is 252 g/mol. The highest BCUT2D eigenvalue weighted by molar-refractivity contribution is 6.30. The summed E-state index contributed by atoms with van der Waals surface area (Å²) in [5.74, 6) is 1.39. The number of nitrogens with zero attached hydrogens (tertiary/aromatic N) is 1. The van der Waals surface area contributed by atoms with Crippen molar-refractivity contribution in [3.05, 3.63) is 46.3 Å². The van der Waals surface area contributed by atoms with Gasteiger partial charge in [-0.15, -0.1) is 0 Å². The van der Waals surface area contributed by atoms with Crippen LogP contribution >= 0.6 is 11.6 Å². The van der Waals surface area contributed by atoms with Gasteiger partial charge in [-0.2, -0.15) is 0 Å². The molecule has 0 unspecified atom stereocenters. The average Bonchev–Trinajstić information content (AvgIpc) is 2.73. The molecule has 1 aromatic carbocycles. The maximum absolute atomic E-state index is 5.94. The predicted molar refractivity (Wildman–Crippen MR) is 69.6 cm³/mol. The fourth-order valence-electron chi connectivity index (χ4n) is 1.64. The van der Waals surface area contributed by atoms with E-state index in [1.165, 1.54) is 0 Å². The lowest BCUT2D eigenvalue weighted by Gasteiger charge is -2.13. The molecular formula is C13H15ClN2O2. The molecule has 0 aliphatic carbocycles. The minimum atomic E-state index is -0.143. The monoisotopic (exact) mass is 266 g/mol. The number of halogens is 1. The first kappa shape index (κ1) is 12.9. The molecule has 96 valence electrons. The van der Waals surface area contributed by atoms with Crippen LogP contribution in [0.15, 0.2) is 28.8 Å². The number of ether oxygens (including phenoxy) is 1. The Morgan fingerprint density at radius 2 is 2.22 bits per heavy atom. The Bertz CT molecular complexity index is 538. The van der Waals surface area contributed by atoms with Crippen molar-refractivity contribution in [2.45, 2.75) is 26.5 Å². The molecule has 1 aromatic heterocycles. The van der Waals surface area contributed by atoms with E-state index in [1.807, 2.05) is 32.0 Å². The SMILES string of the molecule is Cc1cc(COc2ccc(Cl)cc2[C@H](C)N)on1. The van der Waals surface area contributed by atoms with Gasteiger partial charge in [-0.3, -0.25) is 0 Å². The van der Waals surface area contributed by atoms with Crippen LogP contribution in [0.3, 0.4) is 0 Å². The number of nitrogens with two attached hydrogens (primary N) is 1. The van der Waals surface area contributed by atoms with Crippen LogP contribution in [-0.2, 0) is 6.61 Å². The molecule has 2 rings (SSSR count). The second-order valence-corrected chi connectivity index (χ2v) is 4.63. The van der Waals surface area contributed by atoms with E-state index in [2.05, 4.69) is 5.16 Å². The molecule has 1 atom stereocenters. The van der Waals surface area contributed by atoms with Crippen molar-refractivity contribution < 1.29 is 9.26 Å². The van der Waals surface area contributed by atoms with Crippen LogP contribution in [0.5, 0.6) is 5.75 Å². The molecule has 5 heteroatoms. The Morgan fingerprint density at radius 3 is 2.83 bits per heavy atom. The number of hydrogen-bond donors (Lipinski definition) is 1. The lowest BCUT2D eigenvalue weighted by atomic mass is 10.1. The molecule has 0 bridgehead atoms. The smallest absolute Gasteiger partial charge is 0.174 e. The van der Waals surface area contributed by atoms with E-state index < -0.39 is 0 Å². The Labute approximate surface area is 111 Å². The van der Waals surface area contributed by atoms with Crippen LogP contribution in [0.4, 0.5) is 0 Å². The summed E-state index contributed by atoms with van der Waals surface area (Å²) in [5, 5.41) is 4.44. The van der Waals surface area contributed by atoms with E-state index in [-0.39, 0.29) is 6.04 Å². The van der Waals surface area contributed by atoms with Gasteiger partial charge in [0.05, 0.1) is 5.69 Å². The van der Waals surface area contributed by atoms with Gasteiger partial charge in [-0.05, 0) is 32.0 Å². The predicted octanol–water partition coefficient (Wildman–Crippen LogP) is 3.24. The topological polar surface area (TPSA) is 61.3 Å². The molecule has 0 amide bonds. The number of hydrogen-bond acceptors (Lipinski definition) is 4. The quantitative estimate of drug-likeness (QED) is 0.923. The van der Waals surface area contributed by atoms with Gasteiger partial charge in [0, 0.05) is 22.7 Å². The van der Waals surface area contributed by atoms with E-state index >= 15 is 0 Å². The van der Waals surface area contributed by atoms with Crippen molar-refractivity contribution in [1.82, 2.24) is 5.16 Å². The molecule has 0 saturated carbocycles. The first-order valence-corrected chi connectivity index (χ1v) is 6.04. The zero-order chi connectivity index (χ0) is 13.1. The van der Waals surface area contributed by atoms with E-state index in [9.17, 15) is 0 Å². The summed E-state index contributed by atoms with van der Waals surface area (Å²) in [6.07, 6.45) is 0. The third-order valence-corrected chi connectivity index (χ3v) is 2.74. The standard InChI is InChI=1S/C13H15ClN2O2/c1-8-5-11(18-16-8)7-17-13-4-3-10(14)6-12(13)9(2)15/h3-6,9H,7,15H2,1-2H3/t9-/m0/s1. The molecule has 2 N–H and O–H groups in total. The number of benzene rings is 1. The maximum atomic E-state index is 5.94. The lowest BCUT2D eigenvalue weighted by molar-refractivity contribution is 0.246. The molecule has 0 saturated heterocycles. The van der Waals surface area contributed by atoms with Crippen molar-refractivity contribution in [2.75, 3.05) is 0 Å². The van der Waals surface area contributed by atoms with Gasteiger partial charge in [-0.1, -0.05) is 16.8 Å². The Balaban J connectivity index is 2.13. The largest absolute Gasteiger partial charge is 0.485 e. The average molecular weight is 267 g/mol. The van der Waals surface area contributed by atoms with Gasteiger partial charge in [0.2, 0.25) is 0 Å². The summed E-state index contributed by atoms with van der Waals surface area (Å²) in [5.41, 5.74) is 7.59. The number of rotatable bonds is 4. The van der Waals surface area contributed by atoms with Crippen LogP contribution in [0.1, 0.15) is 30.0 Å². The number of aromatic nitrogens is 1. The minimum Gasteiger partial charge on any atom is -0.485 e. The fraction of sp³-hybridized carbons (Fsp3) is 0.308. The molecule has 0 aliphatic heterocycles. The van der Waals surface area contributed by atoms with Crippen molar-refractivity contribution in [1.29, 1.82) is 0 Å². The van der Waals surface area contributed by atoms with Gasteiger partial charge < -0.3 is 15.0 Å². The normalized spacial score (nSPS) is 12.4. The number of aryl methyl sites for hydroxylation is 1. The van der Waals surface area contributed by atoms with Gasteiger partial charge in [-0.25, -0.2) is 0 Å². The van der Waals surface area contributed by atoms with Gasteiger partial charge in [0.1, 0.15) is 12.4 Å². The van der Waals surface area contributed by atoms with Crippen molar-refractivity contribution in [3.63, 3.8) is 0 Å². The van der Waals surface area contributed by atoms with Crippen molar-refractivity contribution in [2.24, 2.45) is 5.73 Å². The van der Waals surface area contributed by atoms with Gasteiger partial charge in [0.25, 0.3) is 0 Å². The molecule has 18 heavy (non-hydrogen) atoms. The highest BCUT2D eigenvalue weighted by Gasteiger charge is 2.10. The zero-order valence-electron chi connectivity index (χ0n) is 10.3. The zero-order valence-corrected chi connectivity index (χ0v) is 11.1.